The third-order valence-corrected chi connectivity index (χ3v) is 6.78. The molecule has 0 aromatic heterocycles. The standard InChI is InChI=1S/C31H31F4N3O/c1-20(31(33,34)35)17-28(37-24-10-5-7-22(18-24)19-36)30(39)38-27-12-6-11-26(29(27)32)25(16-15-21-13-14-21)23-8-3-2-4-9-23/h2-12,17-18,21,25,37H,1,13-16,19,36H2,(H,38,39)/b28-17-. The number of carbonyl (C=O) groups is 1. The van der Waals surface area contributed by atoms with Crippen molar-refractivity contribution >= 4 is 17.3 Å². The van der Waals surface area contributed by atoms with Crippen LogP contribution < -0.4 is 16.4 Å². The van der Waals surface area contributed by atoms with Gasteiger partial charge in [0.2, 0.25) is 0 Å². The fraction of sp³-hybridized carbons (Fsp3) is 0.258. The highest BCUT2D eigenvalue weighted by Crippen LogP contribution is 2.40. The SMILES string of the molecule is C=C(/C=C(\Nc1cccc(CN)c1)C(=O)Nc1cccc(C(CCC2CC2)c2ccccc2)c1F)C(F)(F)F. The molecule has 0 heterocycles. The van der Waals surface area contributed by atoms with Gasteiger partial charge in [-0.1, -0.05) is 74.0 Å². The maximum absolute atomic E-state index is 15.9. The van der Waals surface area contributed by atoms with Crippen LogP contribution in [0.1, 0.15) is 48.3 Å². The van der Waals surface area contributed by atoms with E-state index in [1.54, 1.807) is 36.4 Å². The second-order valence-corrected chi connectivity index (χ2v) is 9.76. The molecular formula is C31H31F4N3O. The molecule has 1 aliphatic rings. The number of nitrogens with two attached hydrogens (primary N) is 1. The molecule has 8 heteroatoms. The lowest BCUT2D eigenvalue weighted by Gasteiger charge is -2.21. The summed E-state index contributed by atoms with van der Waals surface area (Å²) in [4.78, 5) is 13.2. The van der Waals surface area contributed by atoms with Gasteiger partial charge in [0.1, 0.15) is 5.70 Å². The first-order valence-corrected chi connectivity index (χ1v) is 12.8. The van der Waals surface area contributed by atoms with Gasteiger partial charge in [-0.25, -0.2) is 4.39 Å². The zero-order valence-corrected chi connectivity index (χ0v) is 21.4. The number of hydrogen-bond donors (Lipinski definition) is 3. The lowest BCUT2D eigenvalue weighted by Crippen LogP contribution is -2.22. The summed E-state index contributed by atoms with van der Waals surface area (Å²) in [5.41, 5.74) is 6.33. The van der Waals surface area contributed by atoms with Gasteiger partial charge in [-0.05, 0) is 59.7 Å². The summed E-state index contributed by atoms with van der Waals surface area (Å²) in [6, 6.07) is 20.9. The van der Waals surface area contributed by atoms with Gasteiger partial charge in [-0.15, -0.1) is 0 Å². The molecule has 0 spiro atoms. The minimum Gasteiger partial charge on any atom is -0.351 e. The second kappa shape index (κ2) is 12.3. The van der Waals surface area contributed by atoms with Crippen LogP contribution in [-0.2, 0) is 11.3 Å². The molecule has 3 aromatic carbocycles. The molecule has 0 radical (unpaired) electrons. The molecule has 4 rings (SSSR count). The van der Waals surface area contributed by atoms with Crippen LogP contribution in [-0.4, -0.2) is 12.1 Å². The quantitative estimate of drug-likeness (QED) is 0.134. The largest absolute Gasteiger partial charge is 0.415 e. The summed E-state index contributed by atoms with van der Waals surface area (Å²) in [6.07, 6.45) is -0.0673. The van der Waals surface area contributed by atoms with Gasteiger partial charge in [0.15, 0.2) is 5.82 Å². The van der Waals surface area contributed by atoms with E-state index in [1.807, 2.05) is 30.3 Å². The predicted octanol–water partition coefficient (Wildman–Crippen LogP) is 7.66. The number of alkyl halides is 3. The number of benzene rings is 3. The van der Waals surface area contributed by atoms with E-state index in [2.05, 4.69) is 17.2 Å². The van der Waals surface area contributed by atoms with Gasteiger partial charge in [0.25, 0.3) is 5.91 Å². The third kappa shape index (κ3) is 7.57. The maximum atomic E-state index is 15.9. The Morgan fingerprint density at radius 3 is 2.41 bits per heavy atom. The van der Waals surface area contributed by atoms with Crippen molar-refractivity contribution in [3.63, 3.8) is 0 Å². The Kier molecular flexibility index (Phi) is 8.86. The summed E-state index contributed by atoms with van der Waals surface area (Å²) < 4.78 is 55.7. The number of carbonyl (C=O) groups excluding carboxylic acids is 1. The van der Waals surface area contributed by atoms with Crippen molar-refractivity contribution < 1.29 is 22.4 Å². The van der Waals surface area contributed by atoms with Crippen LogP contribution >= 0.6 is 0 Å². The van der Waals surface area contributed by atoms with Crippen molar-refractivity contribution in [3.8, 4) is 0 Å². The van der Waals surface area contributed by atoms with Gasteiger partial charge < -0.3 is 16.4 Å². The highest BCUT2D eigenvalue weighted by molar-refractivity contribution is 6.06. The Morgan fingerprint density at radius 1 is 1.03 bits per heavy atom. The third-order valence-electron chi connectivity index (χ3n) is 6.78. The lowest BCUT2D eigenvalue weighted by atomic mass is 9.86. The van der Waals surface area contributed by atoms with Gasteiger partial charge in [0, 0.05) is 18.2 Å². The van der Waals surface area contributed by atoms with Crippen LogP contribution in [0, 0.1) is 11.7 Å². The summed E-state index contributed by atoms with van der Waals surface area (Å²) in [5.74, 6) is -1.13. The second-order valence-electron chi connectivity index (χ2n) is 9.76. The van der Waals surface area contributed by atoms with E-state index >= 15 is 4.39 Å². The molecule has 1 aliphatic carbocycles. The highest BCUT2D eigenvalue weighted by Gasteiger charge is 2.32. The fourth-order valence-electron chi connectivity index (χ4n) is 4.45. The predicted molar refractivity (Wildman–Crippen MR) is 147 cm³/mol. The minimum absolute atomic E-state index is 0.120. The van der Waals surface area contributed by atoms with Crippen molar-refractivity contribution in [2.75, 3.05) is 10.6 Å². The van der Waals surface area contributed by atoms with E-state index in [0.29, 0.717) is 28.8 Å². The van der Waals surface area contributed by atoms with E-state index in [9.17, 15) is 18.0 Å². The van der Waals surface area contributed by atoms with Crippen LogP contribution in [0.4, 0.5) is 28.9 Å². The van der Waals surface area contributed by atoms with Gasteiger partial charge in [-0.3, -0.25) is 4.79 Å². The first-order chi connectivity index (χ1) is 18.7. The molecule has 1 fully saturated rings. The van der Waals surface area contributed by atoms with E-state index in [-0.39, 0.29) is 18.2 Å². The lowest BCUT2D eigenvalue weighted by molar-refractivity contribution is -0.112. The van der Waals surface area contributed by atoms with Crippen LogP contribution in [0.15, 0.2) is 96.7 Å². The molecule has 1 saturated carbocycles. The van der Waals surface area contributed by atoms with Crippen LogP contribution in [0.25, 0.3) is 0 Å². The molecule has 39 heavy (non-hydrogen) atoms. The van der Waals surface area contributed by atoms with E-state index in [4.69, 9.17) is 5.73 Å². The number of allylic oxidation sites excluding steroid dienone is 2. The molecule has 0 bridgehead atoms. The number of halogens is 4. The van der Waals surface area contributed by atoms with Gasteiger partial charge in [-0.2, -0.15) is 13.2 Å². The molecule has 1 unspecified atom stereocenters. The van der Waals surface area contributed by atoms with E-state index < -0.39 is 29.2 Å². The van der Waals surface area contributed by atoms with Crippen molar-refractivity contribution in [2.24, 2.45) is 11.7 Å². The highest BCUT2D eigenvalue weighted by atomic mass is 19.4. The van der Waals surface area contributed by atoms with Crippen molar-refractivity contribution in [3.05, 3.63) is 119 Å². The summed E-state index contributed by atoms with van der Waals surface area (Å²) >= 11 is 0. The average molecular weight is 538 g/mol. The Hall–Kier alpha value is -3.91. The Labute approximate surface area is 225 Å². The van der Waals surface area contributed by atoms with Gasteiger partial charge >= 0.3 is 6.18 Å². The van der Waals surface area contributed by atoms with Gasteiger partial charge in [0.05, 0.1) is 11.3 Å². The molecule has 0 saturated heterocycles. The first kappa shape index (κ1) is 28.1. The molecule has 4 N–H and O–H groups in total. The number of rotatable bonds is 11. The van der Waals surface area contributed by atoms with Crippen LogP contribution in [0.2, 0.25) is 0 Å². The maximum Gasteiger partial charge on any atom is 0.415 e. The number of hydrogen-bond acceptors (Lipinski definition) is 3. The van der Waals surface area contributed by atoms with Crippen molar-refractivity contribution in [2.45, 2.75) is 44.3 Å². The molecule has 204 valence electrons. The molecule has 4 nitrogen and oxygen atoms in total. The molecule has 3 aromatic rings. The number of nitrogens with one attached hydrogen (secondary N) is 2. The molecule has 1 amide bonds. The van der Waals surface area contributed by atoms with Crippen molar-refractivity contribution in [1.29, 1.82) is 0 Å². The summed E-state index contributed by atoms with van der Waals surface area (Å²) in [5, 5.41) is 5.17. The number of amides is 1. The topological polar surface area (TPSA) is 67.1 Å². The summed E-state index contributed by atoms with van der Waals surface area (Å²) in [7, 11) is 0. The molecule has 0 aliphatic heterocycles. The minimum atomic E-state index is -4.75. The zero-order valence-electron chi connectivity index (χ0n) is 21.4. The van der Waals surface area contributed by atoms with Crippen LogP contribution in [0.5, 0.6) is 0 Å². The smallest absolute Gasteiger partial charge is 0.351 e. The fourth-order valence-corrected chi connectivity index (χ4v) is 4.45. The Morgan fingerprint density at radius 2 is 1.74 bits per heavy atom. The number of anilines is 2. The van der Waals surface area contributed by atoms with E-state index in [1.165, 1.54) is 18.9 Å². The normalized spacial score (nSPS) is 14.5. The van der Waals surface area contributed by atoms with Crippen molar-refractivity contribution in [1.82, 2.24) is 0 Å². The van der Waals surface area contributed by atoms with E-state index in [0.717, 1.165) is 18.4 Å². The molecule has 1 atom stereocenters. The Bertz CT molecular complexity index is 1350. The average Bonchev–Trinajstić information content (AvgIpc) is 3.75. The first-order valence-electron chi connectivity index (χ1n) is 12.8. The summed E-state index contributed by atoms with van der Waals surface area (Å²) in [6.45, 7) is 3.25. The van der Waals surface area contributed by atoms with Crippen LogP contribution in [0.3, 0.4) is 0 Å². The zero-order chi connectivity index (χ0) is 28.0. The monoisotopic (exact) mass is 537 g/mol. The Balaban J connectivity index is 1.63. The molecular weight excluding hydrogens is 506 g/mol.